The molecule has 0 aliphatic heterocycles. The Balaban J connectivity index is 2.80. The summed E-state index contributed by atoms with van der Waals surface area (Å²) in [4.78, 5) is 13.5. The number of carbonyl (C=O) groups excluding carboxylic acids is 1. The standard InChI is InChI=1S/C14H19N7O/c1-9-6-10(19-20-12(7-15)14(16)17)4-5-11(9)18-13(22)8-21(2)3/h4-6,19H,8H2,1-3H3,(H3,16,17)(H,18,22)/b20-12+. The summed E-state index contributed by atoms with van der Waals surface area (Å²) in [5.41, 5.74) is 9.83. The van der Waals surface area contributed by atoms with Crippen molar-refractivity contribution in [2.75, 3.05) is 31.4 Å². The minimum Gasteiger partial charge on any atom is -0.382 e. The van der Waals surface area contributed by atoms with Crippen molar-refractivity contribution in [2.24, 2.45) is 10.8 Å². The third kappa shape index (κ3) is 5.22. The molecule has 0 unspecified atom stereocenters. The summed E-state index contributed by atoms with van der Waals surface area (Å²) in [7, 11) is 3.64. The summed E-state index contributed by atoms with van der Waals surface area (Å²) in [6, 6.07) is 6.93. The van der Waals surface area contributed by atoms with Gasteiger partial charge in [0.1, 0.15) is 6.07 Å². The van der Waals surface area contributed by atoms with Crippen molar-refractivity contribution < 1.29 is 4.79 Å². The largest absolute Gasteiger partial charge is 0.382 e. The third-order valence-electron chi connectivity index (χ3n) is 2.62. The molecule has 0 saturated carbocycles. The Morgan fingerprint density at radius 3 is 2.68 bits per heavy atom. The molecule has 0 aromatic heterocycles. The van der Waals surface area contributed by atoms with E-state index in [-0.39, 0.29) is 11.6 Å². The molecule has 1 amide bonds. The van der Waals surface area contributed by atoms with E-state index in [0.717, 1.165) is 5.56 Å². The maximum absolute atomic E-state index is 11.7. The second-order valence-corrected chi connectivity index (χ2v) is 4.91. The minimum absolute atomic E-state index is 0.102. The highest BCUT2D eigenvalue weighted by Gasteiger charge is 2.07. The van der Waals surface area contributed by atoms with Gasteiger partial charge in [-0.3, -0.25) is 15.6 Å². The molecule has 0 aliphatic rings. The number of hydrogen-bond acceptors (Lipinski definition) is 6. The van der Waals surface area contributed by atoms with Gasteiger partial charge in [-0.25, -0.2) is 0 Å². The molecule has 1 aromatic carbocycles. The lowest BCUT2D eigenvalue weighted by molar-refractivity contribution is -0.116. The van der Waals surface area contributed by atoms with Gasteiger partial charge in [-0.05, 0) is 44.8 Å². The van der Waals surface area contributed by atoms with E-state index in [1.54, 1.807) is 29.2 Å². The van der Waals surface area contributed by atoms with Gasteiger partial charge >= 0.3 is 0 Å². The molecular formula is C14H19N7O. The number of hydrogen-bond donors (Lipinski definition) is 4. The Bertz CT molecular complexity index is 643. The Morgan fingerprint density at radius 2 is 2.18 bits per heavy atom. The Morgan fingerprint density at radius 1 is 1.50 bits per heavy atom. The monoisotopic (exact) mass is 301 g/mol. The number of amidine groups is 1. The lowest BCUT2D eigenvalue weighted by Gasteiger charge is -2.12. The van der Waals surface area contributed by atoms with Crippen LogP contribution in [0.3, 0.4) is 0 Å². The average Bonchev–Trinajstić information content (AvgIpc) is 2.41. The number of carbonyl (C=O) groups is 1. The molecular weight excluding hydrogens is 282 g/mol. The van der Waals surface area contributed by atoms with Gasteiger partial charge in [0.25, 0.3) is 0 Å². The minimum atomic E-state index is -0.403. The summed E-state index contributed by atoms with van der Waals surface area (Å²) in [6.45, 7) is 2.14. The number of likely N-dealkylation sites (N-methyl/N-ethyl adjacent to an activating group) is 1. The first-order valence-corrected chi connectivity index (χ1v) is 6.47. The fourth-order valence-electron chi connectivity index (χ4n) is 1.62. The average molecular weight is 301 g/mol. The van der Waals surface area contributed by atoms with E-state index < -0.39 is 5.84 Å². The van der Waals surface area contributed by atoms with E-state index >= 15 is 0 Å². The van der Waals surface area contributed by atoms with Crippen LogP contribution in [-0.2, 0) is 4.79 Å². The van der Waals surface area contributed by atoms with Crippen molar-refractivity contribution >= 4 is 28.8 Å². The highest BCUT2D eigenvalue weighted by molar-refractivity contribution is 6.45. The number of anilines is 2. The van der Waals surface area contributed by atoms with E-state index in [9.17, 15) is 4.79 Å². The molecule has 1 aromatic rings. The van der Waals surface area contributed by atoms with Crippen LogP contribution in [0.15, 0.2) is 23.3 Å². The van der Waals surface area contributed by atoms with E-state index in [0.29, 0.717) is 17.9 Å². The zero-order valence-electron chi connectivity index (χ0n) is 12.8. The summed E-state index contributed by atoms with van der Waals surface area (Å²) >= 11 is 0. The van der Waals surface area contributed by atoms with Crippen LogP contribution in [-0.4, -0.2) is 43.0 Å². The molecule has 0 saturated heterocycles. The Hall–Kier alpha value is -2.92. The highest BCUT2D eigenvalue weighted by Crippen LogP contribution is 2.19. The maximum atomic E-state index is 11.7. The molecule has 0 atom stereocenters. The maximum Gasteiger partial charge on any atom is 0.238 e. The number of nitrogens with zero attached hydrogens (tertiary/aromatic N) is 3. The highest BCUT2D eigenvalue weighted by atomic mass is 16.2. The summed E-state index contributed by atoms with van der Waals surface area (Å²) in [6.07, 6.45) is 0. The molecule has 1 rings (SSSR count). The number of rotatable bonds is 6. The quantitative estimate of drug-likeness (QED) is 0.349. The van der Waals surface area contributed by atoms with Crippen LogP contribution < -0.4 is 16.5 Å². The van der Waals surface area contributed by atoms with Crippen molar-refractivity contribution in [2.45, 2.75) is 6.92 Å². The van der Waals surface area contributed by atoms with Gasteiger partial charge in [0.15, 0.2) is 5.84 Å². The van der Waals surface area contributed by atoms with Crippen LogP contribution >= 0.6 is 0 Å². The predicted molar refractivity (Wildman–Crippen MR) is 86.9 cm³/mol. The third-order valence-corrected chi connectivity index (χ3v) is 2.62. The molecule has 5 N–H and O–H groups in total. The number of nitriles is 1. The van der Waals surface area contributed by atoms with Gasteiger partial charge in [0, 0.05) is 5.69 Å². The van der Waals surface area contributed by atoms with Gasteiger partial charge in [-0.15, -0.1) is 0 Å². The van der Waals surface area contributed by atoms with Crippen molar-refractivity contribution in [1.82, 2.24) is 4.90 Å². The Labute approximate surface area is 129 Å². The molecule has 0 fully saturated rings. The van der Waals surface area contributed by atoms with Crippen LogP contribution in [0.2, 0.25) is 0 Å². The normalized spacial score (nSPS) is 11.0. The number of benzene rings is 1. The molecule has 8 nitrogen and oxygen atoms in total. The zero-order valence-corrected chi connectivity index (χ0v) is 12.8. The molecule has 0 radical (unpaired) electrons. The lowest BCUT2D eigenvalue weighted by atomic mass is 10.2. The van der Waals surface area contributed by atoms with Crippen LogP contribution in [0.25, 0.3) is 0 Å². The smallest absolute Gasteiger partial charge is 0.238 e. The summed E-state index contributed by atoms with van der Waals surface area (Å²) < 4.78 is 0. The van der Waals surface area contributed by atoms with Gasteiger partial charge in [0.05, 0.1) is 12.2 Å². The first-order chi connectivity index (χ1) is 10.3. The van der Waals surface area contributed by atoms with Crippen LogP contribution in [0.1, 0.15) is 5.56 Å². The molecule has 22 heavy (non-hydrogen) atoms. The number of aryl methyl sites for hydroxylation is 1. The van der Waals surface area contributed by atoms with Crippen LogP contribution in [0.4, 0.5) is 11.4 Å². The van der Waals surface area contributed by atoms with Gasteiger partial charge in [-0.2, -0.15) is 10.4 Å². The topological polar surface area (TPSA) is 130 Å². The van der Waals surface area contributed by atoms with Crippen LogP contribution in [0, 0.1) is 23.7 Å². The molecule has 0 spiro atoms. The fourth-order valence-corrected chi connectivity index (χ4v) is 1.62. The van der Waals surface area contributed by atoms with E-state index in [1.807, 2.05) is 21.0 Å². The Kier molecular flexibility index (Phi) is 6.04. The zero-order chi connectivity index (χ0) is 16.7. The molecule has 116 valence electrons. The first-order valence-electron chi connectivity index (χ1n) is 6.47. The first kappa shape index (κ1) is 17.1. The number of nitrogens with two attached hydrogens (primary N) is 1. The second-order valence-electron chi connectivity index (χ2n) is 4.91. The summed E-state index contributed by atoms with van der Waals surface area (Å²) in [5, 5.41) is 22.5. The predicted octanol–water partition coefficient (Wildman–Crippen LogP) is 0.723. The van der Waals surface area contributed by atoms with Gasteiger partial charge < -0.3 is 16.0 Å². The van der Waals surface area contributed by atoms with Gasteiger partial charge in [0.2, 0.25) is 11.6 Å². The van der Waals surface area contributed by atoms with Crippen LogP contribution in [0.5, 0.6) is 0 Å². The fraction of sp³-hybridized carbons (Fsp3) is 0.286. The van der Waals surface area contributed by atoms with Crippen molar-refractivity contribution in [1.29, 1.82) is 10.7 Å². The number of nitrogens with one attached hydrogen (secondary N) is 3. The van der Waals surface area contributed by atoms with E-state index in [1.165, 1.54) is 0 Å². The second kappa shape index (κ2) is 7.75. The lowest BCUT2D eigenvalue weighted by Crippen LogP contribution is -2.27. The molecule has 0 bridgehead atoms. The summed E-state index contributed by atoms with van der Waals surface area (Å²) in [5.74, 6) is -0.505. The molecule has 8 heteroatoms. The SMILES string of the molecule is Cc1cc(N/N=C(\C#N)C(=N)N)ccc1NC(=O)CN(C)C. The van der Waals surface area contributed by atoms with Gasteiger partial charge in [-0.1, -0.05) is 0 Å². The van der Waals surface area contributed by atoms with Crippen molar-refractivity contribution in [3.63, 3.8) is 0 Å². The van der Waals surface area contributed by atoms with E-state index in [2.05, 4.69) is 15.8 Å². The van der Waals surface area contributed by atoms with E-state index in [4.69, 9.17) is 16.4 Å². The molecule has 0 aliphatic carbocycles. The number of amides is 1. The number of hydrazone groups is 1. The molecule has 0 heterocycles. The van der Waals surface area contributed by atoms with Crippen molar-refractivity contribution in [3.8, 4) is 6.07 Å². The van der Waals surface area contributed by atoms with Crippen molar-refractivity contribution in [3.05, 3.63) is 23.8 Å².